The first-order chi connectivity index (χ1) is 9.40. The molecule has 1 N–H and O–H groups in total. The molecule has 0 radical (unpaired) electrons. The summed E-state index contributed by atoms with van der Waals surface area (Å²) < 4.78 is 4.21. The van der Waals surface area contributed by atoms with E-state index in [1.54, 1.807) is 0 Å². The van der Waals surface area contributed by atoms with Crippen molar-refractivity contribution in [1.82, 2.24) is 9.78 Å². The van der Waals surface area contributed by atoms with E-state index in [4.69, 9.17) is 0 Å². The van der Waals surface area contributed by atoms with Gasteiger partial charge in [0.05, 0.1) is 17.1 Å². The molecule has 5 heteroatoms. The number of hydrogen-bond donors (Lipinski definition) is 1. The Morgan fingerprint density at radius 2 is 1.90 bits per heavy atom. The van der Waals surface area contributed by atoms with Crippen molar-refractivity contribution in [3.63, 3.8) is 0 Å². The molecule has 0 saturated heterocycles. The number of nitrogens with one attached hydrogen (secondary N) is 1. The highest BCUT2D eigenvalue weighted by molar-refractivity contribution is 9.13. The van der Waals surface area contributed by atoms with Gasteiger partial charge in [0.15, 0.2) is 0 Å². The van der Waals surface area contributed by atoms with Crippen LogP contribution in [0.3, 0.4) is 0 Å². The van der Waals surface area contributed by atoms with Gasteiger partial charge in [0, 0.05) is 21.5 Å². The molecule has 2 aromatic rings. The summed E-state index contributed by atoms with van der Waals surface area (Å²) in [7, 11) is 0. The molecule has 0 fully saturated rings. The molecule has 3 nitrogen and oxygen atoms in total. The normalized spacial score (nSPS) is 11.2. The van der Waals surface area contributed by atoms with E-state index in [0.717, 1.165) is 26.9 Å². The van der Waals surface area contributed by atoms with Crippen LogP contribution in [0.4, 0.5) is 5.69 Å². The fourth-order valence-electron chi connectivity index (χ4n) is 2.26. The molecule has 1 aromatic carbocycles. The van der Waals surface area contributed by atoms with Crippen molar-refractivity contribution in [3.8, 4) is 0 Å². The van der Waals surface area contributed by atoms with Crippen molar-refractivity contribution >= 4 is 37.5 Å². The number of aromatic nitrogens is 2. The lowest BCUT2D eigenvalue weighted by molar-refractivity contribution is 0.516. The summed E-state index contributed by atoms with van der Waals surface area (Å²) in [6.45, 7) is 9.24. The van der Waals surface area contributed by atoms with E-state index < -0.39 is 0 Å². The Bertz CT molecular complexity index is 618. The quantitative estimate of drug-likeness (QED) is 0.762. The summed E-state index contributed by atoms with van der Waals surface area (Å²) in [5, 5.41) is 8.09. The number of nitrogens with zero attached hydrogens (tertiary/aromatic N) is 2. The van der Waals surface area contributed by atoms with Gasteiger partial charge in [-0.25, -0.2) is 0 Å². The third-order valence-corrected chi connectivity index (χ3v) is 5.15. The second kappa shape index (κ2) is 6.31. The van der Waals surface area contributed by atoms with Crippen LogP contribution in [-0.2, 0) is 6.54 Å². The molecule has 1 heterocycles. The lowest BCUT2D eigenvalue weighted by Gasteiger charge is -2.10. The summed E-state index contributed by atoms with van der Waals surface area (Å²) in [6.07, 6.45) is 0. The molecule has 0 aliphatic carbocycles. The lowest BCUT2D eigenvalue weighted by Crippen LogP contribution is -2.06. The molecule has 108 valence electrons. The van der Waals surface area contributed by atoms with Gasteiger partial charge in [-0.1, -0.05) is 6.07 Å². The standard InChI is InChI=1S/C15H19Br2N3/c1-9(2)20-11(4)15(10(3)19-20)18-8-12-5-6-13(16)14(17)7-12/h5-7,9,18H,8H2,1-4H3. The zero-order chi connectivity index (χ0) is 14.9. The molecule has 2 rings (SSSR count). The highest BCUT2D eigenvalue weighted by Gasteiger charge is 2.13. The average molecular weight is 401 g/mol. The first-order valence-electron chi connectivity index (χ1n) is 6.63. The molecule has 20 heavy (non-hydrogen) atoms. The van der Waals surface area contributed by atoms with Crippen LogP contribution in [0.2, 0.25) is 0 Å². The van der Waals surface area contributed by atoms with Crippen LogP contribution >= 0.6 is 31.9 Å². The summed E-state index contributed by atoms with van der Waals surface area (Å²) in [5.41, 5.74) is 4.61. The maximum Gasteiger partial charge on any atom is 0.0828 e. The van der Waals surface area contributed by atoms with Crippen molar-refractivity contribution < 1.29 is 0 Å². The number of rotatable bonds is 4. The number of aryl methyl sites for hydroxylation is 1. The highest BCUT2D eigenvalue weighted by atomic mass is 79.9. The van der Waals surface area contributed by atoms with E-state index in [-0.39, 0.29) is 0 Å². The number of halogens is 2. The number of hydrogen-bond acceptors (Lipinski definition) is 2. The van der Waals surface area contributed by atoms with Gasteiger partial charge >= 0.3 is 0 Å². The van der Waals surface area contributed by atoms with Gasteiger partial charge in [-0.3, -0.25) is 4.68 Å². The molecular weight excluding hydrogens is 382 g/mol. The molecule has 0 aliphatic heterocycles. The molecule has 0 spiro atoms. The first-order valence-corrected chi connectivity index (χ1v) is 8.22. The third kappa shape index (κ3) is 3.26. The Morgan fingerprint density at radius 1 is 1.20 bits per heavy atom. The lowest BCUT2D eigenvalue weighted by atomic mass is 10.2. The van der Waals surface area contributed by atoms with Gasteiger partial charge in [-0.05, 0) is 77.3 Å². The summed E-state index contributed by atoms with van der Waals surface area (Å²) >= 11 is 7.02. The predicted molar refractivity (Wildman–Crippen MR) is 91.3 cm³/mol. The van der Waals surface area contributed by atoms with Crippen LogP contribution in [-0.4, -0.2) is 9.78 Å². The van der Waals surface area contributed by atoms with E-state index in [1.807, 2.05) is 6.92 Å². The smallest absolute Gasteiger partial charge is 0.0828 e. The van der Waals surface area contributed by atoms with Crippen molar-refractivity contribution in [3.05, 3.63) is 44.1 Å². The Balaban J connectivity index is 2.16. The van der Waals surface area contributed by atoms with Gasteiger partial charge in [-0.2, -0.15) is 5.10 Å². The fraction of sp³-hybridized carbons (Fsp3) is 0.400. The van der Waals surface area contributed by atoms with Crippen molar-refractivity contribution in [2.45, 2.75) is 40.3 Å². The van der Waals surface area contributed by atoms with Crippen LogP contribution in [0.15, 0.2) is 27.1 Å². The van der Waals surface area contributed by atoms with Gasteiger partial charge in [0.2, 0.25) is 0 Å². The minimum atomic E-state index is 0.381. The molecule has 1 aromatic heterocycles. The third-order valence-electron chi connectivity index (χ3n) is 3.27. The predicted octanol–water partition coefficient (Wildman–Crippen LogP) is 5.22. The highest BCUT2D eigenvalue weighted by Crippen LogP contribution is 2.26. The summed E-state index contributed by atoms with van der Waals surface area (Å²) in [5.74, 6) is 0. The zero-order valence-electron chi connectivity index (χ0n) is 12.2. The van der Waals surface area contributed by atoms with Crippen LogP contribution in [0, 0.1) is 13.8 Å². The number of anilines is 1. The summed E-state index contributed by atoms with van der Waals surface area (Å²) in [4.78, 5) is 0. The molecule has 0 bridgehead atoms. The van der Waals surface area contributed by atoms with Gasteiger partial charge in [0.1, 0.15) is 0 Å². The number of benzene rings is 1. The monoisotopic (exact) mass is 399 g/mol. The first kappa shape index (κ1) is 15.6. The van der Waals surface area contributed by atoms with Crippen LogP contribution < -0.4 is 5.32 Å². The molecule has 0 aliphatic rings. The van der Waals surface area contributed by atoms with E-state index in [2.05, 4.69) is 85.9 Å². The molecule has 0 unspecified atom stereocenters. The maximum atomic E-state index is 4.59. The minimum absolute atomic E-state index is 0.381. The second-order valence-electron chi connectivity index (χ2n) is 5.19. The fourth-order valence-corrected chi connectivity index (χ4v) is 2.93. The van der Waals surface area contributed by atoms with E-state index >= 15 is 0 Å². The van der Waals surface area contributed by atoms with Crippen LogP contribution in [0.25, 0.3) is 0 Å². The Kier molecular flexibility index (Phi) is 4.91. The Labute approximate surface area is 137 Å². The van der Waals surface area contributed by atoms with Crippen LogP contribution in [0.5, 0.6) is 0 Å². The SMILES string of the molecule is Cc1nn(C(C)C)c(C)c1NCc1ccc(Br)c(Br)c1. The van der Waals surface area contributed by atoms with E-state index in [0.29, 0.717) is 6.04 Å². The molecule has 0 saturated carbocycles. The molecule has 0 atom stereocenters. The van der Waals surface area contributed by atoms with Crippen molar-refractivity contribution in [2.24, 2.45) is 0 Å². The van der Waals surface area contributed by atoms with Gasteiger partial charge in [-0.15, -0.1) is 0 Å². The zero-order valence-corrected chi connectivity index (χ0v) is 15.3. The molecule has 0 amide bonds. The minimum Gasteiger partial charge on any atom is -0.378 e. The van der Waals surface area contributed by atoms with Crippen molar-refractivity contribution in [2.75, 3.05) is 5.32 Å². The van der Waals surface area contributed by atoms with Gasteiger partial charge in [0.25, 0.3) is 0 Å². The van der Waals surface area contributed by atoms with E-state index in [1.165, 1.54) is 11.3 Å². The Hall–Kier alpha value is -0.810. The van der Waals surface area contributed by atoms with E-state index in [9.17, 15) is 0 Å². The van der Waals surface area contributed by atoms with Gasteiger partial charge < -0.3 is 5.32 Å². The second-order valence-corrected chi connectivity index (χ2v) is 6.89. The van der Waals surface area contributed by atoms with Crippen molar-refractivity contribution in [1.29, 1.82) is 0 Å². The average Bonchev–Trinajstić information content (AvgIpc) is 2.67. The summed E-state index contributed by atoms with van der Waals surface area (Å²) in [6, 6.07) is 6.66. The van der Waals surface area contributed by atoms with Crippen LogP contribution in [0.1, 0.15) is 36.8 Å². The Morgan fingerprint density at radius 3 is 2.45 bits per heavy atom. The topological polar surface area (TPSA) is 29.9 Å². The maximum absolute atomic E-state index is 4.59. The molecular formula is C15H19Br2N3. The largest absolute Gasteiger partial charge is 0.378 e.